The minimum Gasteiger partial charge on any atom is -0.304 e. The Balaban J connectivity index is 0.000000258. The van der Waals surface area contributed by atoms with E-state index in [9.17, 15) is 32.3 Å². The molecule has 4 aromatic rings. The minimum atomic E-state index is -4.60. The molecular formula is C38H38ClF3I2N6O4. The highest BCUT2D eigenvalue weighted by Gasteiger charge is 2.34. The summed E-state index contributed by atoms with van der Waals surface area (Å²) in [4.78, 5) is 52.9. The molecule has 0 atom stereocenters. The summed E-state index contributed by atoms with van der Waals surface area (Å²) < 4.78 is 42.9. The van der Waals surface area contributed by atoms with Crippen LogP contribution in [0.2, 0.25) is 5.02 Å². The Morgan fingerprint density at radius 3 is 1.59 bits per heavy atom. The molecule has 0 aromatic heterocycles. The second kappa shape index (κ2) is 19.2. The number of carbonyl (C=O) groups is 4. The van der Waals surface area contributed by atoms with Crippen LogP contribution < -0.4 is 21.7 Å². The molecule has 4 aromatic carbocycles. The smallest absolute Gasteiger partial charge is 0.304 e. The van der Waals surface area contributed by atoms with E-state index in [0.717, 1.165) is 43.0 Å². The van der Waals surface area contributed by atoms with Crippen molar-refractivity contribution in [1.29, 1.82) is 0 Å². The van der Waals surface area contributed by atoms with Gasteiger partial charge in [0, 0.05) is 56.6 Å². The fraction of sp³-hybridized carbons (Fsp3) is 0.263. The lowest BCUT2D eigenvalue weighted by atomic mass is 10.0. The first-order chi connectivity index (χ1) is 25.4. The van der Waals surface area contributed by atoms with Gasteiger partial charge in [-0.2, -0.15) is 13.2 Å². The zero-order valence-corrected chi connectivity index (χ0v) is 34.8. The fourth-order valence-electron chi connectivity index (χ4n) is 5.26. The molecule has 1 heterocycles. The van der Waals surface area contributed by atoms with Crippen LogP contribution in [0, 0.1) is 27.9 Å². The quantitative estimate of drug-likeness (QED) is 0.121. The molecule has 0 bridgehead atoms. The predicted octanol–water partition coefficient (Wildman–Crippen LogP) is 7.08. The predicted molar refractivity (Wildman–Crippen MR) is 218 cm³/mol. The highest BCUT2D eigenvalue weighted by Crippen LogP contribution is 2.33. The Kier molecular flexibility index (Phi) is 15.3. The number of likely N-dealkylation sites (N-methyl/N-ethyl adjacent to an activating group) is 1. The molecule has 1 saturated heterocycles. The number of amides is 4. The average Bonchev–Trinajstić information content (AvgIpc) is 3.12. The van der Waals surface area contributed by atoms with Crippen LogP contribution in [0.1, 0.15) is 69.2 Å². The van der Waals surface area contributed by atoms with Crippen LogP contribution >= 0.6 is 56.8 Å². The Hall–Kier alpha value is -3.78. The number of hydrogen-bond donors (Lipinski definition) is 4. The first-order valence-corrected chi connectivity index (χ1v) is 19.1. The molecule has 0 unspecified atom stereocenters. The fourth-order valence-corrected chi connectivity index (χ4v) is 6.60. The van der Waals surface area contributed by atoms with Crippen molar-refractivity contribution in [2.75, 3.05) is 33.2 Å². The van der Waals surface area contributed by atoms with E-state index in [1.807, 2.05) is 31.9 Å². The van der Waals surface area contributed by atoms with Gasteiger partial charge < -0.3 is 4.90 Å². The van der Waals surface area contributed by atoms with E-state index < -0.39 is 29.5 Å². The van der Waals surface area contributed by atoms with Crippen molar-refractivity contribution >= 4 is 80.4 Å². The average molecular weight is 989 g/mol. The van der Waals surface area contributed by atoms with Crippen molar-refractivity contribution in [3.8, 4) is 0 Å². The number of piperazine rings is 1. The van der Waals surface area contributed by atoms with Crippen LogP contribution in [0.3, 0.4) is 0 Å². The minimum absolute atomic E-state index is 0.122. The molecular weight excluding hydrogens is 951 g/mol. The standard InChI is InChI=1S/C22H24F3IN4O2.C16H14ClIN2O2/c1-14-3-4-16(12-19(14)26)21(32)28-27-20(31)15-5-6-17(18(11-15)22(23,24)25)13-30-9-7-29(2)8-10-30;1-9-6-7-11(8-13(9)18)15(21)19-20-16(22)14-10(2)4-3-5-12(14)17/h3-6,11-12H,7-10,13H2,1-2H3,(H,27,31)(H,28,32);3-8H,1-2H3,(H,19,21)(H,20,22). The SMILES string of the molecule is Cc1ccc(C(=O)NNC(=O)c2c(C)cccc2Cl)cc1I.Cc1ccc(C(=O)NNC(=O)c2ccc(CN3CCN(C)CC3)c(C(F)(F)F)c2)cc1I. The highest BCUT2D eigenvalue weighted by atomic mass is 127. The number of rotatable bonds is 6. The van der Waals surface area contributed by atoms with Gasteiger partial charge in [-0.05, 0) is 138 Å². The number of carbonyl (C=O) groups excluding carboxylic acids is 4. The van der Waals surface area contributed by atoms with E-state index >= 15 is 0 Å². The van der Waals surface area contributed by atoms with Gasteiger partial charge in [0.15, 0.2) is 0 Å². The number of alkyl halides is 3. The molecule has 16 heteroatoms. The highest BCUT2D eigenvalue weighted by molar-refractivity contribution is 14.1. The second-order valence-corrected chi connectivity index (χ2v) is 15.4. The molecule has 4 amide bonds. The van der Waals surface area contributed by atoms with Gasteiger partial charge >= 0.3 is 6.18 Å². The summed E-state index contributed by atoms with van der Waals surface area (Å²) in [6.45, 7) is 8.75. The van der Waals surface area contributed by atoms with E-state index in [1.54, 1.807) is 55.5 Å². The molecule has 1 aliphatic heterocycles. The van der Waals surface area contributed by atoms with Crippen LogP contribution in [0.25, 0.3) is 0 Å². The molecule has 0 saturated carbocycles. The van der Waals surface area contributed by atoms with Crippen molar-refractivity contribution < 1.29 is 32.3 Å². The van der Waals surface area contributed by atoms with Gasteiger partial charge in [0.1, 0.15) is 0 Å². The Labute approximate surface area is 343 Å². The third-order valence-electron chi connectivity index (χ3n) is 8.56. The van der Waals surface area contributed by atoms with Crippen molar-refractivity contribution in [2.24, 2.45) is 0 Å². The van der Waals surface area contributed by atoms with Crippen molar-refractivity contribution in [1.82, 2.24) is 31.5 Å². The van der Waals surface area contributed by atoms with Gasteiger partial charge in [0.25, 0.3) is 23.6 Å². The topological polar surface area (TPSA) is 123 Å². The summed E-state index contributed by atoms with van der Waals surface area (Å²) in [5.74, 6) is -2.20. The first-order valence-electron chi connectivity index (χ1n) is 16.5. The van der Waals surface area contributed by atoms with E-state index in [0.29, 0.717) is 34.8 Å². The molecule has 1 aliphatic rings. The van der Waals surface area contributed by atoms with E-state index in [4.69, 9.17) is 11.6 Å². The zero-order valence-electron chi connectivity index (χ0n) is 29.8. The van der Waals surface area contributed by atoms with Crippen molar-refractivity contribution in [3.63, 3.8) is 0 Å². The lowest BCUT2D eigenvalue weighted by Gasteiger charge is -2.33. The third-order valence-corrected chi connectivity index (χ3v) is 11.2. The third kappa shape index (κ3) is 11.9. The molecule has 0 aliphatic carbocycles. The maximum absolute atomic E-state index is 13.7. The zero-order chi connectivity index (χ0) is 39.7. The monoisotopic (exact) mass is 988 g/mol. The molecule has 54 heavy (non-hydrogen) atoms. The summed E-state index contributed by atoms with van der Waals surface area (Å²) in [7, 11) is 1.98. The largest absolute Gasteiger partial charge is 0.416 e. The number of benzene rings is 4. The number of nitrogens with one attached hydrogen (secondary N) is 4. The Morgan fingerprint density at radius 2 is 1.13 bits per heavy atom. The molecule has 5 rings (SSSR count). The molecule has 1 fully saturated rings. The van der Waals surface area contributed by atoms with Gasteiger partial charge in [-0.3, -0.25) is 45.8 Å². The van der Waals surface area contributed by atoms with Gasteiger partial charge in [0.05, 0.1) is 16.1 Å². The van der Waals surface area contributed by atoms with Crippen LogP contribution in [-0.4, -0.2) is 66.7 Å². The lowest BCUT2D eigenvalue weighted by molar-refractivity contribution is -0.138. The molecule has 0 radical (unpaired) electrons. The number of nitrogens with zero attached hydrogens (tertiary/aromatic N) is 2. The molecule has 286 valence electrons. The number of hydrazine groups is 2. The van der Waals surface area contributed by atoms with Crippen LogP contribution in [0.15, 0.2) is 72.8 Å². The Bertz CT molecular complexity index is 2020. The summed E-state index contributed by atoms with van der Waals surface area (Å²) >= 11 is 10.3. The summed E-state index contributed by atoms with van der Waals surface area (Å²) in [6, 6.07) is 19.1. The molecule has 10 nitrogen and oxygen atoms in total. The van der Waals surface area contributed by atoms with Gasteiger partial charge in [-0.15, -0.1) is 0 Å². The van der Waals surface area contributed by atoms with Gasteiger partial charge in [0.2, 0.25) is 0 Å². The van der Waals surface area contributed by atoms with Gasteiger partial charge in [-0.25, -0.2) is 0 Å². The summed E-state index contributed by atoms with van der Waals surface area (Å²) in [6.07, 6.45) is -4.60. The molecule has 0 spiro atoms. The first kappa shape index (κ1) is 43.0. The Morgan fingerprint density at radius 1 is 0.667 bits per heavy atom. The maximum Gasteiger partial charge on any atom is 0.416 e. The van der Waals surface area contributed by atoms with E-state index in [1.165, 1.54) is 12.1 Å². The van der Waals surface area contributed by atoms with Gasteiger partial charge in [-0.1, -0.05) is 41.9 Å². The van der Waals surface area contributed by atoms with E-state index in [-0.39, 0.29) is 23.6 Å². The van der Waals surface area contributed by atoms with Crippen LogP contribution in [-0.2, 0) is 12.7 Å². The van der Waals surface area contributed by atoms with Crippen LogP contribution in [0.4, 0.5) is 13.2 Å². The number of aryl methyl sites for hydroxylation is 3. The maximum atomic E-state index is 13.7. The van der Waals surface area contributed by atoms with Crippen LogP contribution in [0.5, 0.6) is 0 Å². The van der Waals surface area contributed by atoms with Crippen molar-refractivity contribution in [3.05, 3.63) is 135 Å². The van der Waals surface area contributed by atoms with E-state index in [2.05, 4.69) is 71.8 Å². The summed E-state index contributed by atoms with van der Waals surface area (Å²) in [5.41, 5.74) is 12.3. The molecule has 4 N–H and O–H groups in total. The normalized spacial score (nSPS) is 13.3. The summed E-state index contributed by atoms with van der Waals surface area (Å²) in [5, 5.41) is 0.344. The second-order valence-electron chi connectivity index (χ2n) is 12.6. The number of halogens is 6. The lowest BCUT2D eigenvalue weighted by Crippen LogP contribution is -2.44. The number of hydrogen-bond acceptors (Lipinski definition) is 6. The van der Waals surface area contributed by atoms with Crippen molar-refractivity contribution in [2.45, 2.75) is 33.5 Å².